The fourth-order valence-corrected chi connectivity index (χ4v) is 7.75. The minimum absolute atomic E-state index is 0.0400. The molecule has 0 aromatic heterocycles. The topological polar surface area (TPSA) is 111 Å². The van der Waals surface area contributed by atoms with E-state index in [0.29, 0.717) is 23.9 Å². The zero-order valence-corrected chi connectivity index (χ0v) is 46.1. The molecule has 0 aliphatic heterocycles. The number of quaternary nitrogens is 1. The maximum absolute atomic E-state index is 12.8. The van der Waals surface area contributed by atoms with Crippen molar-refractivity contribution in [3.05, 3.63) is 109 Å². The van der Waals surface area contributed by atoms with Crippen molar-refractivity contribution < 1.29 is 42.1 Å². The second kappa shape index (κ2) is 50.6. The quantitative estimate of drug-likeness (QED) is 0.0195. The summed E-state index contributed by atoms with van der Waals surface area (Å²) in [5.74, 6) is -0.864. The number of nitrogens with zero attached hydrogens (tertiary/aromatic N) is 1. The normalized spacial score (nSPS) is 14.2. The van der Waals surface area contributed by atoms with Crippen LogP contribution in [0.2, 0.25) is 0 Å². The molecule has 0 aromatic carbocycles. The molecule has 0 fully saturated rings. The standard InChI is InChI=1S/C60H102NO8P/c1-6-8-10-12-14-16-18-20-22-23-24-25-26-27-28-29-30-31-32-33-34-35-36-37-39-41-43-45-47-49-51-53-60(63)69-58(57-68-70(64,65)67-55-54-61(3,4)5)56-66-59(62)52-50-48-46-44-42-40-38-21-19-17-15-13-11-9-7-2/h8,10,14-17,20-22,24-25,27-28,30-31,33-34,38,58H,6-7,9,11-13,18-19,23,26,29,32,35-37,39-57H2,1-5H3/b10-8-,16-14-,17-15-,22-20-,25-24-,28-27-,31-30-,34-33-,38-21-. The SMILES string of the molecule is CC/C=C\C/C=C\C/C=C\C/C=C\C/C=C\C/C=C\C/C=C\CCCCCCCCCCCC(=O)OC(COC(=O)CCCCCCC/C=C\C/C=C\CCCCC)COP(=O)([O-])OCC[N+](C)(C)C. The molecule has 2 atom stereocenters. The number of hydrogen-bond donors (Lipinski definition) is 0. The molecule has 400 valence electrons. The van der Waals surface area contributed by atoms with Crippen molar-refractivity contribution in [2.75, 3.05) is 47.5 Å². The first-order valence-corrected chi connectivity index (χ1v) is 29.1. The van der Waals surface area contributed by atoms with E-state index in [9.17, 15) is 19.0 Å². The molecular formula is C60H102NO8P. The van der Waals surface area contributed by atoms with Gasteiger partial charge in [-0.2, -0.15) is 0 Å². The van der Waals surface area contributed by atoms with Crippen molar-refractivity contribution in [3.8, 4) is 0 Å². The first-order chi connectivity index (χ1) is 34.0. The molecule has 0 heterocycles. The van der Waals surface area contributed by atoms with E-state index < -0.39 is 32.5 Å². The zero-order valence-electron chi connectivity index (χ0n) is 45.2. The van der Waals surface area contributed by atoms with E-state index in [1.54, 1.807) is 0 Å². The summed E-state index contributed by atoms with van der Waals surface area (Å²) in [6.45, 7) is 4.06. The maximum Gasteiger partial charge on any atom is 0.306 e. The number of carbonyl (C=O) groups excluding carboxylic acids is 2. The summed E-state index contributed by atoms with van der Waals surface area (Å²) in [6, 6.07) is 0. The Labute approximate surface area is 429 Å². The average Bonchev–Trinajstić information content (AvgIpc) is 3.32. The van der Waals surface area contributed by atoms with Crippen molar-refractivity contribution >= 4 is 19.8 Å². The molecule has 0 saturated heterocycles. The highest BCUT2D eigenvalue weighted by Gasteiger charge is 2.21. The lowest BCUT2D eigenvalue weighted by molar-refractivity contribution is -0.870. The Morgan fingerprint density at radius 2 is 0.814 bits per heavy atom. The van der Waals surface area contributed by atoms with Gasteiger partial charge in [0.1, 0.15) is 19.8 Å². The van der Waals surface area contributed by atoms with Gasteiger partial charge < -0.3 is 27.9 Å². The number of phosphoric acid groups is 1. The van der Waals surface area contributed by atoms with Crippen molar-refractivity contribution in [3.63, 3.8) is 0 Å². The molecule has 0 radical (unpaired) electrons. The minimum Gasteiger partial charge on any atom is -0.756 e. The number of esters is 2. The average molecular weight is 996 g/mol. The van der Waals surface area contributed by atoms with Crippen LogP contribution in [0.3, 0.4) is 0 Å². The second-order valence-electron chi connectivity index (χ2n) is 19.2. The van der Waals surface area contributed by atoms with Gasteiger partial charge in [-0.3, -0.25) is 14.2 Å². The van der Waals surface area contributed by atoms with Gasteiger partial charge in [-0.25, -0.2) is 0 Å². The Morgan fingerprint density at radius 1 is 0.457 bits per heavy atom. The number of allylic oxidation sites excluding steroid dienone is 18. The molecule has 0 saturated carbocycles. The van der Waals surface area contributed by atoms with Crippen LogP contribution in [-0.4, -0.2) is 70.0 Å². The van der Waals surface area contributed by atoms with Crippen molar-refractivity contribution in [2.45, 2.75) is 213 Å². The summed E-state index contributed by atoms with van der Waals surface area (Å²) in [5.41, 5.74) is 0. The van der Waals surface area contributed by atoms with Gasteiger partial charge in [-0.15, -0.1) is 0 Å². The highest BCUT2D eigenvalue weighted by atomic mass is 31.2. The summed E-state index contributed by atoms with van der Waals surface area (Å²) >= 11 is 0. The Kier molecular flexibility index (Phi) is 48.2. The zero-order chi connectivity index (χ0) is 51.3. The number of phosphoric ester groups is 1. The predicted octanol–water partition coefficient (Wildman–Crippen LogP) is 16.4. The number of rotatable bonds is 49. The van der Waals surface area contributed by atoms with E-state index in [1.807, 2.05) is 21.1 Å². The Morgan fingerprint density at radius 3 is 1.21 bits per heavy atom. The van der Waals surface area contributed by atoms with E-state index in [1.165, 1.54) is 57.8 Å². The number of carbonyl (C=O) groups is 2. The van der Waals surface area contributed by atoms with E-state index in [2.05, 4.69) is 123 Å². The Hall–Kier alpha value is -3.33. The van der Waals surface area contributed by atoms with Crippen LogP contribution in [0.5, 0.6) is 0 Å². The molecule has 0 bridgehead atoms. The highest BCUT2D eigenvalue weighted by Crippen LogP contribution is 2.38. The Balaban J connectivity index is 4.21. The molecule has 0 aromatic rings. The third-order valence-corrected chi connectivity index (χ3v) is 12.2. The largest absolute Gasteiger partial charge is 0.756 e. The first kappa shape index (κ1) is 66.7. The predicted molar refractivity (Wildman–Crippen MR) is 295 cm³/mol. The van der Waals surface area contributed by atoms with Gasteiger partial charge in [-0.05, 0) is 103 Å². The van der Waals surface area contributed by atoms with Gasteiger partial charge in [0.2, 0.25) is 0 Å². The molecule has 0 aliphatic carbocycles. The van der Waals surface area contributed by atoms with E-state index in [-0.39, 0.29) is 26.1 Å². The van der Waals surface area contributed by atoms with Gasteiger partial charge >= 0.3 is 11.9 Å². The van der Waals surface area contributed by atoms with Crippen LogP contribution in [0.25, 0.3) is 0 Å². The number of hydrogen-bond acceptors (Lipinski definition) is 8. The lowest BCUT2D eigenvalue weighted by atomic mass is 10.1. The molecule has 0 spiro atoms. The molecule has 10 heteroatoms. The Bertz CT molecular complexity index is 1550. The van der Waals surface area contributed by atoms with Crippen molar-refractivity contribution in [1.29, 1.82) is 0 Å². The van der Waals surface area contributed by atoms with E-state index in [4.69, 9.17) is 18.5 Å². The summed E-state index contributed by atoms with van der Waals surface area (Å²) < 4.78 is 34.1. The van der Waals surface area contributed by atoms with Crippen molar-refractivity contribution in [2.24, 2.45) is 0 Å². The van der Waals surface area contributed by atoms with Gasteiger partial charge in [-0.1, -0.05) is 200 Å². The van der Waals surface area contributed by atoms with Crippen LogP contribution < -0.4 is 4.89 Å². The van der Waals surface area contributed by atoms with Crippen LogP contribution in [-0.2, 0) is 32.7 Å². The molecular weight excluding hydrogens is 894 g/mol. The van der Waals surface area contributed by atoms with Crippen molar-refractivity contribution in [1.82, 2.24) is 0 Å². The van der Waals surface area contributed by atoms with Gasteiger partial charge in [0.15, 0.2) is 6.10 Å². The lowest BCUT2D eigenvalue weighted by Crippen LogP contribution is -2.37. The molecule has 0 rings (SSSR count). The number of unbranched alkanes of at least 4 members (excludes halogenated alkanes) is 17. The fraction of sp³-hybridized carbons (Fsp3) is 0.667. The molecule has 0 N–H and O–H groups in total. The second-order valence-corrected chi connectivity index (χ2v) is 20.6. The molecule has 70 heavy (non-hydrogen) atoms. The van der Waals surface area contributed by atoms with Crippen LogP contribution >= 0.6 is 7.82 Å². The molecule has 9 nitrogen and oxygen atoms in total. The van der Waals surface area contributed by atoms with E-state index in [0.717, 1.165) is 109 Å². The number of likely N-dealkylation sites (N-methyl/N-ethyl adjacent to an activating group) is 1. The molecule has 2 unspecified atom stereocenters. The third kappa shape index (κ3) is 54.0. The summed E-state index contributed by atoms with van der Waals surface area (Å²) in [6.07, 6.45) is 69.8. The monoisotopic (exact) mass is 996 g/mol. The van der Waals surface area contributed by atoms with Crippen LogP contribution in [0.1, 0.15) is 206 Å². The third-order valence-electron chi connectivity index (χ3n) is 11.3. The number of ether oxygens (including phenoxy) is 2. The van der Waals surface area contributed by atoms with Crippen LogP contribution in [0.4, 0.5) is 0 Å². The first-order valence-electron chi connectivity index (χ1n) is 27.6. The lowest BCUT2D eigenvalue weighted by Gasteiger charge is -2.28. The van der Waals surface area contributed by atoms with Gasteiger partial charge in [0, 0.05) is 12.8 Å². The summed E-state index contributed by atoms with van der Waals surface area (Å²) in [5, 5.41) is 0. The molecule has 0 amide bonds. The van der Waals surface area contributed by atoms with Gasteiger partial charge in [0.25, 0.3) is 7.82 Å². The maximum atomic E-state index is 12.8. The van der Waals surface area contributed by atoms with Crippen LogP contribution in [0, 0.1) is 0 Å². The smallest absolute Gasteiger partial charge is 0.306 e. The van der Waals surface area contributed by atoms with Crippen LogP contribution in [0.15, 0.2) is 109 Å². The highest BCUT2D eigenvalue weighted by molar-refractivity contribution is 7.45. The summed E-state index contributed by atoms with van der Waals surface area (Å²) in [7, 11) is 1.14. The fourth-order valence-electron chi connectivity index (χ4n) is 7.02. The van der Waals surface area contributed by atoms with Gasteiger partial charge in [0.05, 0.1) is 27.7 Å². The molecule has 0 aliphatic rings. The van der Waals surface area contributed by atoms with E-state index >= 15 is 0 Å². The minimum atomic E-state index is -4.64. The summed E-state index contributed by atoms with van der Waals surface area (Å²) in [4.78, 5) is 37.8.